The van der Waals surface area contributed by atoms with Gasteiger partial charge in [0.15, 0.2) is 0 Å². The van der Waals surface area contributed by atoms with Gasteiger partial charge in [0.2, 0.25) is 5.95 Å². The van der Waals surface area contributed by atoms with Gasteiger partial charge in [0.05, 0.1) is 0 Å². The highest BCUT2D eigenvalue weighted by Crippen LogP contribution is 2.18. The van der Waals surface area contributed by atoms with Crippen LogP contribution >= 0.6 is 0 Å². The van der Waals surface area contributed by atoms with E-state index >= 15 is 0 Å². The minimum Gasteiger partial charge on any atom is -0.370 e. The third-order valence-corrected chi connectivity index (χ3v) is 4.29. The van der Waals surface area contributed by atoms with E-state index in [-0.39, 0.29) is 0 Å². The van der Waals surface area contributed by atoms with Gasteiger partial charge in [-0.15, -0.1) is 0 Å². The number of anilines is 2. The minimum absolute atomic E-state index is 0.883. The molecule has 1 fully saturated rings. The molecule has 3 rings (SSSR count). The smallest absolute Gasteiger partial charge is 0.227 e. The Morgan fingerprint density at radius 1 is 1.00 bits per heavy atom. The Bertz CT molecular complexity index is 604. The van der Waals surface area contributed by atoms with Crippen LogP contribution in [0.4, 0.5) is 11.8 Å². The Morgan fingerprint density at radius 2 is 1.74 bits per heavy atom. The Kier molecular flexibility index (Phi) is 5.46. The zero-order valence-electron chi connectivity index (χ0n) is 14.0. The lowest BCUT2D eigenvalue weighted by atomic mass is 10.1. The molecule has 4 heteroatoms. The molecule has 1 N–H and O–H groups in total. The summed E-state index contributed by atoms with van der Waals surface area (Å²) < 4.78 is 0. The van der Waals surface area contributed by atoms with E-state index < -0.39 is 0 Å². The van der Waals surface area contributed by atoms with Gasteiger partial charge in [-0.25, -0.2) is 4.98 Å². The molecule has 1 saturated heterocycles. The highest BCUT2D eigenvalue weighted by molar-refractivity contribution is 5.43. The van der Waals surface area contributed by atoms with Gasteiger partial charge in [-0.05, 0) is 31.7 Å². The standard InChI is InChI=1S/C19H26N4/c1-16-15-18(20-12-11-17-9-5-4-6-10-17)22-19(21-16)23-13-7-2-3-8-14-23/h4-6,9-10,15H,2-3,7-8,11-14H2,1H3,(H,20,21,22). The molecule has 2 heterocycles. The SMILES string of the molecule is Cc1cc(NCCc2ccccc2)nc(N2CCCCCC2)n1. The van der Waals surface area contributed by atoms with Crippen molar-refractivity contribution in [1.82, 2.24) is 9.97 Å². The van der Waals surface area contributed by atoms with Gasteiger partial charge in [0, 0.05) is 31.4 Å². The van der Waals surface area contributed by atoms with E-state index in [9.17, 15) is 0 Å². The molecule has 1 aromatic carbocycles. The highest BCUT2D eigenvalue weighted by atomic mass is 15.3. The van der Waals surface area contributed by atoms with Crippen molar-refractivity contribution in [3.63, 3.8) is 0 Å². The molecule has 1 aliphatic heterocycles. The molecular formula is C19H26N4. The van der Waals surface area contributed by atoms with Crippen molar-refractivity contribution in [3.8, 4) is 0 Å². The summed E-state index contributed by atoms with van der Waals surface area (Å²) in [5.41, 5.74) is 2.37. The summed E-state index contributed by atoms with van der Waals surface area (Å²) in [6.07, 6.45) is 6.14. The molecule has 0 spiro atoms. The zero-order chi connectivity index (χ0) is 15.9. The average Bonchev–Trinajstić information content (AvgIpc) is 2.85. The third-order valence-electron chi connectivity index (χ3n) is 4.29. The van der Waals surface area contributed by atoms with E-state index in [1.54, 1.807) is 0 Å². The molecule has 0 unspecified atom stereocenters. The van der Waals surface area contributed by atoms with Crippen LogP contribution in [-0.2, 0) is 6.42 Å². The van der Waals surface area contributed by atoms with Crippen molar-refractivity contribution in [2.24, 2.45) is 0 Å². The summed E-state index contributed by atoms with van der Waals surface area (Å²) in [5, 5.41) is 3.45. The Balaban J connectivity index is 1.63. The van der Waals surface area contributed by atoms with E-state index in [0.29, 0.717) is 0 Å². The second kappa shape index (κ2) is 7.95. The first kappa shape index (κ1) is 15.8. The lowest BCUT2D eigenvalue weighted by Crippen LogP contribution is -2.26. The predicted molar refractivity (Wildman–Crippen MR) is 96.1 cm³/mol. The first-order valence-electron chi connectivity index (χ1n) is 8.70. The quantitative estimate of drug-likeness (QED) is 0.911. The van der Waals surface area contributed by atoms with Crippen molar-refractivity contribution in [3.05, 3.63) is 47.7 Å². The van der Waals surface area contributed by atoms with Crippen LogP contribution in [0, 0.1) is 6.92 Å². The monoisotopic (exact) mass is 310 g/mol. The van der Waals surface area contributed by atoms with E-state index in [1.165, 1.54) is 31.2 Å². The molecule has 0 bridgehead atoms. The van der Waals surface area contributed by atoms with Crippen molar-refractivity contribution in [2.45, 2.75) is 39.0 Å². The Hall–Kier alpha value is -2.10. The summed E-state index contributed by atoms with van der Waals surface area (Å²) in [4.78, 5) is 11.7. The molecule has 0 aliphatic carbocycles. The molecule has 0 radical (unpaired) electrons. The van der Waals surface area contributed by atoms with Crippen LogP contribution in [0.2, 0.25) is 0 Å². The van der Waals surface area contributed by atoms with Crippen LogP contribution in [0.25, 0.3) is 0 Å². The molecule has 122 valence electrons. The first-order valence-corrected chi connectivity index (χ1v) is 8.70. The van der Waals surface area contributed by atoms with Gasteiger partial charge in [-0.1, -0.05) is 43.2 Å². The van der Waals surface area contributed by atoms with Crippen LogP contribution in [-0.4, -0.2) is 29.6 Å². The van der Waals surface area contributed by atoms with Gasteiger partial charge in [-0.3, -0.25) is 0 Å². The lowest BCUT2D eigenvalue weighted by Gasteiger charge is -2.21. The predicted octanol–water partition coefficient (Wildman–Crippen LogP) is 3.82. The first-order chi connectivity index (χ1) is 11.3. The molecular weight excluding hydrogens is 284 g/mol. The van der Waals surface area contributed by atoms with Crippen LogP contribution in [0.3, 0.4) is 0 Å². The molecule has 2 aromatic rings. The molecule has 1 aliphatic rings. The molecule has 1 aromatic heterocycles. The van der Waals surface area contributed by atoms with E-state index in [1.807, 2.05) is 13.0 Å². The van der Waals surface area contributed by atoms with Crippen molar-refractivity contribution in [2.75, 3.05) is 29.9 Å². The zero-order valence-corrected chi connectivity index (χ0v) is 14.0. The topological polar surface area (TPSA) is 41.1 Å². The Morgan fingerprint density at radius 3 is 2.48 bits per heavy atom. The van der Waals surface area contributed by atoms with Crippen LogP contribution < -0.4 is 10.2 Å². The Labute approximate surface area is 139 Å². The molecule has 0 saturated carbocycles. The number of rotatable bonds is 5. The number of hydrogen-bond acceptors (Lipinski definition) is 4. The summed E-state index contributed by atoms with van der Waals surface area (Å²) >= 11 is 0. The van der Waals surface area contributed by atoms with E-state index in [0.717, 1.165) is 43.5 Å². The maximum Gasteiger partial charge on any atom is 0.227 e. The molecule has 4 nitrogen and oxygen atoms in total. The van der Waals surface area contributed by atoms with Crippen molar-refractivity contribution in [1.29, 1.82) is 0 Å². The van der Waals surface area contributed by atoms with Gasteiger partial charge in [0.1, 0.15) is 5.82 Å². The summed E-state index contributed by atoms with van der Waals surface area (Å²) in [6.45, 7) is 5.09. The second-order valence-corrected chi connectivity index (χ2v) is 6.26. The number of aryl methyl sites for hydroxylation is 1. The largest absolute Gasteiger partial charge is 0.370 e. The number of benzene rings is 1. The fourth-order valence-electron chi connectivity index (χ4n) is 3.04. The van der Waals surface area contributed by atoms with Crippen molar-refractivity contribution >= 4 is 11.8 Å². The van der Waals surface area contributed by atoms with Crippen molar-refractivity contribution < 1.29 is 0 Å². The third kappa shape index (κ3) is 4.68. The van der Waals surface area contributed by atoms with E-state index in [2.05, 4.69) is 45.5 Å². The average molecular weight is 310 g/mol. The number of nitrogens with one attached hydrogen (secondary N) is 1. The summed E-state index contributed by atoms with van der Waals surface area (Å²) in [6, 6.07) is 12.6. The number of nitrogens with zero attached hydrogens (tertiary/aromatic N) is 3. The number of hydrogen-bond donors (Lipinski definition) is 1. The lowest BCUT2D eigenvalue weighted by molar-refractivity contribution is 0.726. The normalized spacial score (nSPS) is 15.3. The van der Waals surface area contributed by atoms with Crippen LogP contribution in [0.15, 0.2) is 36.4 Å². The summed E-state index contributed by atoms with van der Waals surface area (Å²) in [5.74, 6) is 1.82. The van der Waals surface area contributed by atoms with Crippen LogP contribution in [0.5, 0.6) is 0 Å². The minimum atomic E-state index is 0.883. The molecule has 0 amide bonds. The summed E-state index contributed by atoms with van der Waals surface area (Å²) in [7, 11) is 0. The van der Waals surface area contributed by atoms with Crippen LogP contribution in [0.1, 0.15) is 36.9 Å². The highest BCUT2D eigenvalue weighted by Gasteiger charge is 2.13. The number of aromatic nitrogens is 2. The van der Waals surface area contributed by atoms with Gasteiger partial charge >= 0.3 is 0 Å². The fraction of sp³-hybridized carbons (Fsp3) is 0.474. The maximum absolute atomic E-state index is 4.73. The maximum atomic E-state index is 4.73. The van der Waals surface area contributed by atoms with Gasteiger partial charge in [-0.2, -0.15) is 4.98 Å². The van der Waals surface area contributed by atoms with Gasteiger partial charge in [0.25, 0.3) is 0 Å². The molecule has 0 atom stereocenters. The van der Waals surface area contributed by atoms with E-state index in [4.69, 9.17) is 4.98 Å². The second-order valence-electron chi connectivity index (χ2n) is 6.26. The van der Waals surface area contributed by atoms with Gasteiger partial charge < -0.3 is 10.2 Å². The molecule has 23 heavy (non-hydrogen) atoms. The fourth-order valence-corrected chi connectivity index (χ4v) is 3.04.